The van der Waals surface area contributed by atoms with Crippen molar-refractivity contribution in [3.63, 3.8) is 0 Å². The highest BCUT2D eigenvalue weighted by molar-refractivity contribution is 6.35. The molecule has 0 radical (unpaired) electrons. The van der Waals surface area contributed by atoms with Crippen molar-refractivity contribution in [3.05, 3.63) is 81.6 Å². The highest BCUT2D eigenvalue weighted by atomic mass is 35.5. The second kappa shape index (κ2) is 7.74. The molecule has 0 spiro atoms. The van der Waals surface area contributed by atoms with E-state index in [2.05, 4.69) is 10.3 Å². The summed E-state index contributed by atoms with van der Waals surface area (Å²) < 4.78 is 5.81. The highest BCUT2D eigenvalue weighted by Crippen LogP contribution is 2.35. The smallest absolute Gasteiger partial charge is 0.258 e. The summed E-state index contributed by atoms with van der Waals surface area (Å²) in [4.78, 5) is 16.3. The third-order valence-corrected chi connectivity index (χ3v) is 4.08. The summed E-state index contributed by atoms with van der Waals surface area (Å²) >= 11 is 18.0. The Balaban J connectivity index is 1.86. The van der Waals surface area contributed by atoms with Crippen LogP contribution in [0.25, 0.3) is 0 Å². The van der Waals surface area contributed by atoms with E-state index in [-0.39, 0.29) is 10.7 Å². The molecule has 2 aromatic carbocycles. The highest BCUT2D eigenvalue weighted by Gasteiger charge is 2.14. The molecule has 4 nitrogen and oxygen atoms in total. The van der Waals surface area contributed by atoms with Crippen LogP contribution < -0.4 is 10.1 Å². The maximum absolute atomic E-state index is 12.4. The Morgan fingerprint density at radius 3 is 2.52 bits per heavy atom. The van der Waals surface area contributed by atoms with E-state index in [1.54, 1.807) is 54.6 Å². The van der Waals surface area contributed by atoms with E-state index in [1.165, 1.54) is 6.20 Å². The average Bonchev–Trinajstić information content (AvgIpc) is 2.59. The minimum Gasteiger partial charge on any atom is -0.454 e. The molecule has 0 atom stereocenters. The molecule has 0 aliphatic heterocycles. The zero-order valence-corrected chi connectivity index (χ0v) is 14.9. The maximum atomic E-state index is 12.4. The second-order valence-electron chi connectivity index (χ2n) is 4.97. The average molecular weight is 394 g/mol. The Morgan fingerprint density at radius 1 is 0.960 bits per heavy atom. The number of aromatic nitrogens is 1. The van der Waals surface area contributed by atoms with Gasteiger partial charge in [-0.3, -0.25) is 4.79 Å². The topological polar surface area (TPSA) is 51.2 Å². The molecule has 3 rings (SSSR count). The number of carbonyl (C=O) groups is 1. The number of halogens is 3. The van der Waals surface area contributed by atoms with Crippen molar-refractivity contribution >= 4 is 46.4 Å². The molecule has 0 aliphatic carbocycles. The van der Waals surface area contributed by atoms with Crippen LogP contribution >= 0.6 is 34.8 Å². The van der Waals surface area contributed by atoms with Crippen molar-refractivity contribution < 1.29 is 9.53 Å². The van der Waals surface area contributed by atoms with E-state index < -0.39 is 5.91 Å². The minimum absolute atomic E-state index is 0.124. The van der Waals surface area contributed by atoms with Crippen molar-refractivity contribution in [2.75, 3.05) is 5.32 Å². The Hall–Kier alpha value is -2.27. The predicted molar refractivity (Wildman–Crippen MR) is 100 cm³/mol. The Bertz CT molecular complexity index is 932. The lowest BCUT2D eigenvalue weighted by atomic mass is 10.2. The third-order valence-electron chi connectivity index (χ3n) is 3.25. The summed E-state index contributed by atoms with van der Waals surface area (Å²) in [5, 5.41) is 3.75. The molecule has 7 heteroatoms. The quantitative estimate of drug-likeness (QED) is 0.546. The fourth-order valence-corrected chi connectivity index (χ4v) is 2.73. The molecule has 1 heterocycles. The van der Waals surface area contributed by atoms with Crippen LogP contribution in [-0.2, 0) is 0 Å². The molecular formula is C18H11Cl3N2O2. The van der Waals surface area contributed by atoms with Crippen molar-refractivity contribution in [1.82, 2.24) is 4.98 Å². The van der Waals surface area contributed by atoms with E-state index in [1.807, 2.05) is 0 Å². The van der Waals surface area contributed by atoms with Gasteiger partial charge in [0.1, 0.15) is 10.9 Å². The molecule has 126 valence electrons. The van der Waals surface area contributed by atoms with E-state index in [9.17, 15) is 4.79 Å². The first-order valence-electron chi connectivity index (χ1n) is 7.18. The van der Waals surface area contributed by atoms with Gasteiger partial charge in [-0.15, -0.1) is 0 Å². The number of nitrogens with one attached hydrogen (secondary N) is 1. The van der Waals surface area contributed by atoms with Gasteiger partial charge in [0, 0.05) is 11.2 Å². The van der Waals surface area contributed by atoms with Gasteiger partial charge in [-0.25, -0.2) is 4.98 Å². The number of anilines is 1. The molecule has 3 aromatic rings. The van der Waals surface area contributed by atoms with E-state index in [0.29, 0.717) is 27.2 Å². The maximum Gasteiger partial charge on any atom is 0.258 e. The molecule has 0 unspecified atom stereocenters. The number of benzene rings is 2. The van der Waals surface area contributed by atoms with Crippen molar-refractivity contribution in [3.8, 4) is 11.5 Å². The van der Waals surface area contributed by atoms with Crippen molar-refractivity contribution in [1.29, 1.82) is 0 Å². The summed E-state index contributed by atoms with van der Waals surface area (Å²) in [6, 6.07) is 15.1. The summed E-state index contributed by atoms with van der Waals surface area (Å²) in [7, 11) is 0. The van der Waals surface area contributed by atoms with Gasteiger partial charge in [0.05, 0.1) is 16.3 Å². The van der Waals surface area contributed by atoms with Gasteiger partial charge in [0.25, 0.3) is 5.91 Å². The summed E-state index contributed by atoms with van der Waals surface area (Å²) in [5.41, 5.74) is 0.738. The van der Waals surface area contributed by atoms with Crippen LogP contribution in [0.4, 0.5) is 5.69 Å². The Kier molecular flexibility index (Phi) is 5.43. The number of hydrogen-bond acceptors (Lipinski definition) is 3. The van der Waals surface area contributed by atoms with Gasteiger partial charge in [0.15, 0.2) is 5.75 Å². The number of hydrogen-bond donors (Lipinski definition) is 1. The number of pyridine rings is 1. The molecule has 1 aromatic heterocycles. The van der Waals surface area contributed by atoms with Crippen LogP contribution in [-0.4, -0.2) is 10.9 Å². The van der Waals surface area contributed by atoms with Gasteiger partial charge in [-0.2, -0.15) is 0 Å². The molecule has 1 N–H and O–H groups in total. The first-order chi connectivity index (χ1) is 12.0. The van der Waals surface area contributed by atoms with Crippen LogP contribution in [0.1, 0.15) is 10.4 Å². The predicted octanol–water partition coefficient (Wildman–Crippen LogP) is 6.09. The molecule has 0 saturated heterocycles. The third kappa shape index (κ3) is 4.23. The molecule has 0 saturated carbocycles. The van der Waals surface area contributed by atoms with E-state index in [4.69, 9.17) is 39.5 Å². The molecule has 25 heavy (non-hydrogen) atoms. The fraction of sp³-hybridized carbons (Fsp3) is 0. The second-order valence-corrected chi connectivity index (χ2v) is 6.17. The monoisotopic (exact) mass is 392 g/mol. The van der Waals surface area contributed by atoms with Gasteiger partial charge in [-0.1, -0.05) is 46.9 Å². The summed E-state index contributed by atoms with van der Waals surface area (Å²) in [5.74, 6) is 0.462. The van der Waals surface area contributed by atoms with Gasteiger partial charge in [-0.05, 0) is 42.5 Å². The first kappa shape index (κ1) is 17.5. The van der Waals surface area contributed by atoms with Gasteiger partial charge in [0.2, 0.25) is 0 Å². The lowest BCUT2D eigenvalue weighted by molar-refractivity contribution is 0.102. The van der Waals surface area contributed by atoms with E-state index in [0.717, 1.165) is 0 Å². The number of rotatable bonds is 4. The first-order valence-corrected chi connectivity index (χ1v) is 8.32. The van der Waals surface area contributed by atoms with E-state index >= 15 is 0 Å². The number of para-hydroxylation sites is 2. The lowest BCUT2D eigenvalue weighted by Gasteiger charge is -2.13. The van der Waals surface area contributed by atoms with Crippen molar-refractivity contribution in [2.45, 2.75) is 0 Å². The van der Waals surface area contributed by atoms with Crippen LogP contribution in [0.2, 0.25) is 15.2 Å². The molecule has 0 fully saturated rings. The summed E-state index contributed by atoms with van der Waals surface area (Å²) in [6.07, 6.45) is 1.51. The Morgan fingerprint density at radius 2 is 1.76 bits per heavy atom. The minimum atomic E-state index is -0.392. The normalized spacial score (nSPS) is 10.4. The Labute approximate surface area is 159 Å². The van der Waals surface area contributed by atoms with Crippen LogP contribution in [0.15, 0.2) is 60.8 Å². The SMILES string of the molecule is O=C(Nc1ccccc1Oc1ccc(Cl)cc1Cl)c1cccnc1Cl. The zero-order valence-electron chi connectivity index (χ0n) is 12.7. The lowest BCUT2D eigenvalue weighted by Crippen LogP contribution is -2.13. The zero-order chi connectivity index (χ0) is 17.8. The molecule has 0 bridgehead atoms. The largest absolute Gasteiger partial charge is 0.454 e. The van der Waals surface area contributed by atoms with Crippen LogP contribution in [0, 0.1) is 0 Å². The number of amides is 1. The van der Waals surface area contributed by atoms with Crippen LogP contribution in [0.5, 0.6) is 11.5 Å². The van der Waals surface area contributed by atoms with Gasteiger partial charge >= 0.3 is 0 Å². The standard InChI is InChI=1S/C18H11Cl3N2O2/c19-11-7-8-15(13(20)10-11)25-16-6-2-1-5-14(16)23-18(24)12-4-3-9-22-17(12)21/h1-10H,(H,23,24). The van der Waals surface area contributed by atoms with Crippen LogP contribution in [0.3, 0.4) is 0 Å². The number of carbonyl (C=O) groups excluding carboxylic acids is 1. The summed E-state index contributed by atoms with van der Waals surface area (Å²) in [6.45, 7) is 0. The molecule has 1 amide bonds. The number of nitrogens with zero attached hydrogens (tertiary/aromatic N) is 1. The number of ether oxygens (including phenoxy) is 1. The fourth-order valence-electron chi connectivity index (χ4n) is 2.08. The van der Waals surface area contributed by atoms with Crippen molar-refractivity contribution in [2.24, 2.45) is 0 Å². The van der Waals surface area contributed by atoms with Gasteiger partial charge < -0.3 is 10.1 Å². The molecular weight excluding hydrogens is 383 g/mol. The molecule has 0 aliphatic rings.